The zero-order valence-electron chi connectivity index (χ0n) is 36.9. The standard InChI is InChI=1S/C26H38O5S.C10H22N2.C5H12O.2C2H6/c1-5-7-15-26(16-8-6-2)18-32(4,29,30)23-17-21(31-3)13-14-22(23)24(25(26)28)19-9-11-20(27)12-10-19;1-10(2)4-5-12-8-6-11(3)7-9-12;1-5(2)3-4-6;2*1-2/h9-14,17,24-25,27-28H,5-8,15-16,18H2,1-4H3,(H,29,30);10H,4-9H2,1-3H3;5-6H,3-4H2,1-2H3;2*1-2H3/p+1/t24-,25?;;;;/m1..../s1. The molecule has 0 radical (unpaired) electrons. The first-order valence-corrected chi connectivity index (χ1v) is 23.7. The van der Waals surface area contributed by atoms with Crippen LogP contribution in [0.3, 0.4) is 0 Å². The fourth-order valence-electron chi connectivity index (χ4n) is 7.24. The largest absolute Gasteiger partial charge is 0.508 e. The molecule has 0 aromatic heterocycles. The van der Waals surface area contributed by atoms with Crippen LogP contribution in [0, 0.1) is 17.3 Å². The average molecular weight is 782 g/mol. The van der Waals surface area contributed by atoms with Gasteiger partial charge in [0.25, 0.3) is 0 Å². The number of piperazine rings is 1. The molecule has 2 aromatic carbocycles. The van der Waals surface area contributed by atoms with Gasteiger partial charge in [-0.3, -0.25) is 9.45 Å². The van der Waals surface area contributed by atoms with Crippen molar-refractivity contribution in [2.45, 2.75) is 138 Å². The van der Waals surface area contributed by atoms with Gasteiger partial charge in [0.1, 0.15) is 11.5 Å². The smallest absolute Gasteiger partial charge is 0.120 e. The predicted molar refractivity (Wildman–Crippen MR) is 232 cm³/mol. The van der Waals surface area contributed by atoms with Crippen LogP contribution >= 0.6 is 0 Å². The van der Waals surface area contributed by atoms with E-state index in [0.717, 1.165) is 43.6 Å². The summed E-state index contributed by atoms with van der Waals surface area (Å²) in [6, 6.07) is 12.1. The Kier molecular flexibility index (Phi) is 25.0. The van der Waals surface area contributed by atoms with Crippen LogP contribution in [0.1, 0.15) is 138 Å². The van der Waals surface area contributed by atoms with Gasteiger partial charge < -0.3 is 25.0 Å². The summed E-state index contributed by atoms with van der Waals surface area (Å²) >= 11 is 0. The van der Waals surface area contributed by atoms with E-state index in [9.17, 15) is 19.0 Å². The maximum atomic E-state index is 14.4. The number of hydrogen-bond donors (Lipinski definition) is 5. The Morgan fingerprint density at radius 2 is 1.43 bits per heavy atom. The zero-order chi connectivity index (χ0) is 41.6. The predicted octanol–water partition coefficient (Wildman–Crippen LogP) is 8.50. The van der Waals surface area contributed by atoms with Gasteiger partial charge in [0.15, 0.2) is 0 Å². The van der Waals surface area contributed by atoms with E-state index >= 15 is 0 Å². The van der Waals surface area contributed by atoms with E-state index in [4.69, 9.17) is 9.84 Å². The Hall–Kier alpha value is -2.01. The van der Waals surface area contributed by atoms with Crippen LogP contribution < -0.4 is 9.64 Å². The van der Waals surface area contributed by atoms with Crippen molar-refractivity contribution >= 4 is 9.35 Å². The molecule has 8 nitrogen and oxygen atoms in total. The number of benzene rings is 2. The second kappa shape index (κ2) is 26.0. The SMILES string of the molecule is CC.CC.CC(C)CCN1CC[NH+](C)CC1.CC(C)CCO.CCCCC1(CCCC)CS(C)(=O)(O)c2cc(OC)ccc2[C@@H](c2ccc(O)cc2)C1O. The minimum Gasteiger partial charge on any atom is -0.508 e. The van der Waals surface area contributed by atoms with Gasteiger partial charge in [-0.1, -0.05) is 113 Å². The van der Waals surface area contributed by atoms with E-state index in [0.29, 0.717) is 41.6 Å². The maximum Gasteiger partial charge on any atom is 0.120 e. The second-order valence-corrected chi connectivity index (χ2v) is 19.7. The Morgan fingerprint density at radius 3 is 1.85 bits per heavy atom. The number of aliphatic hydroxyl groups excluding tert-OH is 2. The molecule has 2 aliphatic rings. The summed E-state index contributed by atoms with van der Waals surface area (Å²) in [4.78, 5) is 4.65. The summed E-state index contributed by atoms with van der Waals surface area (Å²) < 4.78 is 31.6. The minimum absolute atomic E-state index is 0.0279. The van der Waals surface area contributed by atoms with E-state index in [1.54, 1.807) is 48.4 Å². The number of phenols is 1. The van der Waals surface area contributed by atoms with Gasteiger partial charge in [0.2, 0.25) is 0 Å². The van der Waals surface area contributed by atoms with Crippen LogP contribution in [0.25, 0.3) is 0 Å². The second-order valence-electron chi connectivity index (χ2n) is 16.0. The van der Waals surface area contributed by atoms with E-state index in [-0.39, 0.29) is 11.5 Å². The van der Waals surface area contributed by atoms with Crippen molar-refractivity contribution in [1.82, 2.24) is 4.90 Å². The van der Waals surface area contributed by atoms with Crippen LogP contribution in [0.15, 0.2) is 47.4 Å². The number of nitrogens with one attached hydrogen (secondary N) is 1. The number of methoxy groups -OCH3 is 1. The number of aliphatic hydroxyl groups is 2. The van der Waals surface area contributed by atoms with Crippen molar-refractivity contribution in [2.75, 3.05) is 65.5 Å². The molecule has 2 atom stereocenters. The lowest BCUT2D eigenvalue weighted by Gasteiger charge is -2.48. The van der Waals surface area contributed by atoms with Gasteiger partial charge in [0.05, 0.1) is 38.2 Å². The molecule has 5 N–H and O–H groups in total. The number of likely N-dealkylation sites (N-methyl/N-ethyl adjacent to an activating group) is 1. The molecule has 1 unspecified atom stereocenters. The van der Waals surface area contributed by atoms with E-state index < -0.39 is 26.8 Å². The molecule has 9 heteroatoms. The lowest BCUT2D eigenvalue weighted by atomic mass is 9.68. The number of phenolic OH excluding ortho intramolecular Hbond substituents is 1. The maximum absolute atomic E-state index is 14.4. The monoisotopic (exact) mass is 782 g/mol. The molecule has 316 valence electrons. The molecule has 0 amide bonds. The quantitative estimate of drug-likeness (QED) is 0.139. The van der Waals surface area contributed by atoms with Gasteiger partial charge in [-0.05, 0) is 73.4 Å². The fraction of sp³-hybridized carbons (Fsp3) is 0.733. The molecule has 1 saturated heterocycles. The Morgan fingerprint density at radius 1 is 0.907 bits per heavy atom. The van der Waals surface area contributed by atoms with E-state index in [1.165, 1.54) is 45.4 Å². The molecule has 2 heterocycles. The zero-order valence-corrected chi connectivity index (χ0v) is 37.7. The van der Waals surface area contributed by atoms with E-state index in [1.807, 2.05) is 33.8 Å². The van der Waals surface area contributed by atoms with Gasteiger partial charge >= 0.3 is 0 Å². The third-order valence-electron chi connectivity index (χ3n) is 10.4. The molecule has 1 fully saturated rings. The molecule has 0 bridgehead atoms. The molecular formula is C45H85N2O6S+. The van der Waals surface area contributed by atoms with Crippen LogP contribution in [0.4, 0.5) is 0 Å². The highest BCUT2D eigenvalue weighted by Gasteiger charge is 2.51. The first-order chi connectivity index (χ1) is 25.5. The third kappa shape index (κ3) is 17.0. The first kappa shape index (κ1) is 52.0. The molecule has 54 heavy (non-hydrogen) atoms. The number of ether oxygens (including phenoxy) is 1. The lowest BCUT2D eigenvalue weighted by Crippen LogP contribution is -3.11. The molecule has 2 aliphatic heterocycles. The minimum atomic E-state index is -4.30. The topological polar surface area (TPSA) is 115 Å². The van der Waals surface area contributed by atoms with Crippen molar-refractivity contribution in [2.24, 2.45) is 17.3 Å². The number of quaternary nitrogens is 1. The lowest BCUT2D eigenvalue weighted by molar-refractivity contribution is -0.884. The summed E-state index contributed by atoms with van der Waals surface area (Å²) in [5.41, 5.74) is 0.776. The van der Waals surface area contributed by atoms with Crippen molar-refractivity contribution in [3.05, 3.63) is 53.6 Å². The van der Waals surface area contributed by atoms with Gasteiger partial charge in [0, 0.05) is 49.1 Å². The Labute approximate surface area is 332 Å². The van der Waals surface area contributed by atoms with Crippen molar-refractivity contribution in [3.63, 3.8) is 0 Å². The van der Waals surface area contributed by atoms with Crippen molar-refractivity contribution in [3.8, 4) is 11.5 Å². The number of fused-ring (bicyclic) bond motifs is 1. The molecule has 0 spiro atoms. The fourth-order valence-corrected chi connectivity index (χ4v) is 10.4. The Balaban J connectivity index is 0.00000105. The van der Waals surface area contributed by atoms with Gasteiger partial charge in [-0.2, -0.15) is 9.35 Å². The summed E-state index contributed by atoms with van der Waals surface area (Å²) in [6.45, 7) is 27.9. The number of unbranched alkanes of at least 4 members (excludes halogenated alkanes) is 2. The molecular weight excluding hydrogens is 697 g/mol. The molecule has 2 aromatic rings. The highest BCUT2D eigenvalue weighted by atomic mass is 32.3. The van der Waals surface area contributed by atoms with Gasteiger partial charge in [-0.25, -0.2) is 4.21 Å². The van der Waals surface area contributed by atoms with Crippen LogP contribution in [-0.2, 0) is 9.35 Å². The number of nitrogens with zero attached hydrogens (tertiary/aromatic N) is 1. The van der Waals surface area contributed by atoms with Crippen LogP contribution in [0.5, 0.6) is 11.5 Å². The highest BCUT2D eigenvalue weighted by molar-refractivity contribution is 8.14. The summed E-state index contributed by atoms with van der Waals surface area (Å²) in [7, 11) is -0.469. The number of aromatic hydroxyl groups is 1. The molecule has 4 rings (SSSR count). The first-order valence-electron chi connectivity index (χ1n) is 21.2. The van der Waals surface area contributed by atoms with Crippen molar-refractivity contribution in [1.29, 1.82) is 0 Å². The van der Waals surface area contributed by atoms with Gasteiger partial charge in [-0.15, -0.1) is 0 Å². The Bertz CT molecular complexity index is 1310. The van der Waals surface area contributed by atoms with Crippen molar-refractivity contribution < 1.29 is 33.7 Å². The molecule has 0 aliphatic carbocycles. The summed E-state index contributed by atoms with van der Waals surface area (Å²) in [5, 5.41) is 30.1. The van der Waals surface area contributed by atoms with Crippen LogP contribution in [-0.4, -0.2) is 101 Å². The third-order valence-corrected chi connectivity index (χ3v) is 13.2. The average Bonchev–Trinajstić information content (AvgIpc) is 3.20. The highest BCUT2D eigenvalue weighted by Crippen LogP contribution is 2.54. The summed E-state index contributed by atoms with van der Waals surface area (Å²) in [5.74, 6) is 1.72. The molecule has 0 saturated carbocycles. The summed E-state index contributed by atoms with van der Waals surface area (Å²) in [6.07, 6.45) is 7.95. The normalized spacial score (nSPS) is 20.7. The van der Waals surface area contributed by atoms with E-state index in [2.05, 4.69) is 53.5 Å². The number of rotatable bonds is 13. The van der Waals surface area contributed by atoms with Crippen LogP contribution in [0.2, 0.25) is 0 Å². The number of hydrogen-bond acceptors (Lipinski definition) is 6.